The molecule has 4 rings (SSSR count). The lowest BCUT2D eigenvalue weighted by Crippen LogP contribution is -2.39. The summed E-state index contributed by atoms with van der Waals surface area (Å²) in [5, 5.41) is 1.18. The van der Waals surface area contributed by atoms with E-state index in [0.29, 0.717) is 6.61 Å². The largest absolute Gasteiger partial charge is 0.378 e. The molecule has 5 heteroatoms. The van der Waals surface area contributed by atoms with E-state index in [1.807, 2.05) is 25.4 Å². The summed E-state index contributed by atoms with van der Waals surface area (Å²) in [4.78, 5) is 14.8. The van der Waals surface area contributed by atoms with E-state index in [4.69, 9.17) is 4.74 Å². The number of fused-ring (bicyclic) bond motifs is 1. The lowest BCUT2D eigenvalue weighted by molar-refractivity contribution is -0.0155. The number of rotatable bonds is 3. The number of aromatic amines is 1. The van der Waals surface area contributed by atoms with Crippen molar-refractivity contribution in [2.45, 2.75) is 19.5 Å². The smallest absolute Gasteiger partial charge is 0.126 e. The predicted molar refractivity (Wildman–Crippen MR) is 89.0 cm³/mol. The monoisotopic (exact) mass is 308 g/mol. The van der Waals surface area contributed by atoms with Crippen LogP contribution in [0.4, 0.5) is 0 Å². The van der Waals surface area contributed by atoms with Gasteiger partial charge in [-0.2, -0.15) is 0 Å². The van der Waals surface area contributed by atoms with Gasteiger partial charge in [0.15, 0.2) is 0 Å². The maximum Gasteiger partial charge on any atom is 0.126 e. The molecule has 1 atom stereocenters. The number of imidazole rings is 1. The maximum absolute atomic E-state index is 5.68. The second-order valence-corrected chi connectivity index (χ2v) is 6.00. The van der Waals surface area contributed by atoms with E-state index >= 15 is 0 Å². The molecule has 1 aliphatic rings. The van der Waals surface area contributed by atoms with Crippen molar-refractivity contribution in [2.24, 2.45) is 0 Å². The summed E-state index contributed by atoms with van der Waals surface area (Å²) in [5.74, 6) is 0.982. The summed E-state index contributed by atoms with van der Waals surface area (Å²) in [6.07, 6.45) is 3.74. The predicted octanol–water partition coefficient (Wildman–Crippen LogP) is 2.84. The van der Waals surface area contributed by atoms with Crippen LogP contribution < -0.4 is 0 Å². The molecule has 0 radical (unpaired) electrons. The molecular formula is C18H20N4O. The highest BCUT2D eigenvalue weighted by Gasteiger charge is 2.27. The standard InChI is InChI=1S/C18H20N4O/c1-13-10-20-18(21-13)16-12-23-9-8-22(16)11-15-5-2-4-14-6-3-7-19-17(14)15/h2-7,10,16H,8-9,11-12H2,1H3,(H,20,21)/t16-/m1/s1. The Bertz CT molecular complexity index is 808. The van der Waals surface area contributed by atoms with Crippen molar-refractivity contribution in [2.75, 3.05) is 19.8 Å². The van der Waals surface area contributed by atoms with E-state index in [-0.39, 0.29) is 6.04 Å². The average Bonchev–Trinajstić information content (AvgIpc) is 3.02. The first-order chi connectivity index (χ1) is 11.3. The number of H-pyrrole nitrogens is 1. The molecule has 118 valence electrons. The first-order valence-electron chi connectivity index (χ1n) is 7.97. The van der Waals surface area contributed by atoms with Crippen LogP contribution in [0.2, 0.25) is 0 Å². The summed E-state index contributed by atoms with van der Waals surface area (Å²) >= 11 is 0. The van der Waals surface area contributed by atoms with Crippen molar-refractivity contribution in [3.63, 3.8) is 0 Å². The maximum atomic E-state index is 5.68. The minimum atomic E-state index is 0.163. The van der Waals surface area contributed by atoms with Crippen molar-refractivity contribution in [1.82, 2.24) is 19.9 Å². The number of nitrogens with one attached hydrogen (secondary N) is 1. The third-order valence-electron chi connectivity index (χ3n) is 4.37. The van der Waals surface area contributed by atoms with E-state index < -0.39 is 0 Å². The number of nitrogens with zero attached hydrogens (tertiary/aromatic N) is 3. The Balaban J connectivity index is 1.65. The quantitative estimate of drug-likeness (QED) is 0.808. The highest BCUT2D eigenvalue weighted by Crippen LogP contribution is 2.26. The lowest BCUT2D eigenvalue weighted by Gasteiger charge is -2.34. The molecule has 0 bridgehead atoms. The molecule has 23 heavy (non-hydrogen) atoms. The van der Waals surface area contributed by atoms with Gasteiger partial charge in [-0.05, 0) is 18.6 Å². The van der Waals surface area contributed by atoms with Crippen LogP contribution in [0.25, 0.3) is 10.9 Å². The molecule has 0 unspecified atom stereocenters. The van der Waals surface area contributed by atoms with Gasteiger partial charge in [-0.1, -0.05) is 24.3 Å². The molecule has 1 saturated heterocycles. The van der Waals surface area contributed by atoms with Crippen molar-refractivity contribution in [1.29, 1.82) is 0 Å². The molecule has 1 fully saturated rings. The van der Waals surface area contributed by atoms with Gasteiger partial charge in [0.2, 0.25) is 0 Å². The van der Waals surface area contributed by atoms with E-state index in [9.17, 15) is 0 Å². The third kappa shape index (κ3) is 2.85. The van der Waals surface area contributed by atoms with Gasteiger partial charge in [0.25, 0.3) is 0 Å². The summed E-state index contributed by atoms with van der Waals surface area (Å²) in [5.41, 5.74) is 3.41. The summed E-state index contributed by atoms with van der Waals surface area (Å²) in [6.45, 7) is 5.20. The molecule has 1 N–H and O–H groups in total. The number of pyridine rings is 1. The molecule has 2 aromatic heterocycles. The normalized spacial score (nSPS) is 19.3. The van der Waals surface area contributed by atoms with Gasteiger partial charge >= 0.3 is 0 Å². The highest BCUT2D eigenvalue weighted by atomic mass is 16.5. The number of morpholine rings is 1. The van der Waals surface area contributed by atoms with Crippen LogP contribution in [0, 0.1) is 6.92 Å². The number of aromatic nitrogens is 3. The fourth-order valence-corrected chi connectivity index (χ4v) is 3.20. The molecule has 5 nitrogen and oxygen atoms in total. The third-order valence-corrected chi connectivity index (χ3v) is 4.37. The second kappa shape index (κ2) is 6.10. The number of para-hydroxylation sites is 1. The molecule has 3 aromatic rings. The van der Waals surface area contributed by atoms with Crippen molar-refractivity contribution in [3.8, 4) is 0 Å². The highest BCUT2D eigenvalue weighted by molar-refractivity contribution is 5.81. The van der Waals surface area contributed by atoms with Crippen molar-refractivity contribution < 1.29 is 4.74 Å². The van der Waals surface area contributed by atoms with E-state index in [2.05, 4.69) is 44.1 Å². The first kappa shape index (κ1) is 14.4. The van der Waals surface area contributed by atoms with Gasteiger partial charge < -0.3 is 9.72 Å². The number of hydrogen-bond acceptors (Lipinski definition) is 4. The Hall–Kier alpha value is -2.24. The van der Waals surface area contributed by atoms with Crippen LogP contribution in [-0.4, -0.2) is 39.6 Å². The number of benzene rings is 1. The number of hydrogen-bond donors (Lipinski definition) is 1. The molecule has 0 spiro atoms. The zero-order valence-electron chi connectivity index (χ0n) is 13.2. The van der Waals surface area contributed by atoms with Gasteiger partial charge in [-0.15, -0.1) is 0 Å². The van der Waals surface area contributed by atoms with Crippen LogP contribution in [0.5, 0.6) is 0 Å². The zero-order chi connectivity index (χ0) is 15.6. The SMILES string of the molecule is Cc1cnc([C@H]2COCCN2Cc2cccc3cccnc23)[nH]1. The molecule has 3 heterocycles. The Kier molecular flexibility index (Phi) is 3.81. The van der Waals surface area contributed by atoms with Crippen LogP contribution >= 0.6 is 0 Å². The second-order valence-electron chi connectivity index (χ2n) is 6.00. The van der Waals surface area contributed by atoms with Gasteiger partial charge in [-0.3, -0.25) is 9.88 Å². The Morgan fingerprint density at radius 1 is 1.26 bits per heavy atom. The number of ether oxygens (including phenoxy) is 1. The van der Waals surface area contributed by atoms with Crippen LogP contribution in [0.15, 0.2) is 42.7 Å². The summed E-state index contributed by atoms with van der Waals surface area (Å²) < 4.78 is 5.68. The Labute approximate surface area is 135 Å². The summed E-state index contributed by atoms with van der Waals surface area (Å²) in [6, 6.07) is 10.6. The fourth-order valence-electron chi connectivity index (χ4n) is 3.20. The van der Waals surface area contributed by atoms with E-state index in [1.54, 1.807) is 0 Å². The van der Waals surface area contributed by atoms with Crippen molar-refractivity contribution >= 4 is 10.9 Å². The van der Waals surface area contributed by atoms with E-state index in [1.165, 1.54) is 10.9 Å². The fraction of sp³-hybridized carbons (Fsp3) is 0.333. The van der Waals surface area contributed by atoms with Gasteiger partial charge in [0.05, 0.1) is 24.8 Å². The summed E-state index contributed by atoms with van der Waals surface area (Å²) in [7, 11) is 0. The van der Waals surface area contributed by atoms with Crippen molar-refractivity contribution in [3.05, 3.63) is 59.8 Å². The van der Waals surface area contributed by atoms with Crippen LogP contribution in [0.1, 0.15) is 23.1 Å². The first-order valence-corrected chi connectivity index (χ1v) is 7.97. The lowest BCUT2D eigenvalue weighted by atomic mass is 10.1. The van der Waals surface area contributed by atoms with E-state index in [0.717, 1.165) is 36.7 Å². The van der Waals surface area contributed by atoms with Gasteiger partial charge in [0.1, 0.15) is 5.82 Å². The Morgan fingerprint density at radius 3 is 3.04 bits per heavy atom. The minimum absolute atomic E-state index is 0.163. The molecule has 0 aliphatic carbocycles. The number of aryl methyl sites for hydroxylation is 1. The minimum Gasteiger partial charge on any atom is -0.378 e. The van der Waals surface area contributed by atoms with Gasteiger partial charge in [0, 0.05) is 36.6 Å². The Morgan fingerprint density at radius 2 is 2.17 bits per heavy atom. The van der Waals surface area contributed by atoms with Crippen LogP contribution in [-0.2, 0) is 11.3 Å². The average molecular weight is 308 g/mol. The molecule has 1 aliphatic heterocycles. The zero-order valence-corrected chi connectivity index (χ0v) is 13.2. The molecular weight excluding hydrogens is 288 g/mol. The molecule has 1 aromatic carbocycles. The van der Waals surface area contributed by atoms with Gasteiger partial charge in [-0.25, -0.2) is 4.98 Å². The molecule has 0 amide bonds. The molecule has 0 saturated carbocycles. The topological polar surface area (TPSA) is 54.0 Å². The van der Waals surface area contributed by atoms with Crippen LogP contribution in [0.3, 0.4) is 0 Å².